The summed E-state index contributed by atoms with van der Waals surface area (Å²) < 4.78 is 1.71. The van der Waals surface area contributed by atoms with Crippen LogP contribution < -0.4 is 4.90 Å². The molecule has 29 heavy (non-hydrogen) atoms. The molecule has 152 valence electrons. The van der Waals surface area contributed by atoms with Crippen molar-refractivity contribution in [2.75, 3.05) is 31.1 Å². The molecule has 0 spiro atoms. The van der Waals surface area contributed by atoms with Gasteiger partial charge in [0.05, 0.1) is 15.7 Å². The predicted molar refractivity (Wildman–Crippen MR) is 114 cm³/mol. The van der Waals surface area contributed by atoms with Gasteiger partial charge in [-0.05, 0) is 24.6 Å². The van der Waals surface area contributed by atoms with Crippen LogP contribution in [0, 0.1) is 5.92 Å². The fourth-order valence-corrected chi connectivity index (χ4v) is 3.70. The summed E-state index contributed by atoms with van der Waals surface area (Å²) in [5.41, 5.74) is 1.71. The highest BCUT2D eigenvalue weighted by atomic mass is 35.5. The summed E-state index contributed by atoms with van der Waals surface area (Å²) in [6, 6.07) is 7.33. The van der Waals surface area contributed by atoms with E-state index in [4.69, 9.17) is 23.2 Å². The summed E-state index contributed by atoms with van der Waals surface area (Å²) in [5.74, 6) is 1.41. The number of amides is 1. The molecule has 0 N–H and O–H groups in total. The fraction of sp³-hybridized carbons (Fsp3) is 0.400. The lowest BCUT2D eigenvalue weighted by Crippen LogP contribution is -2.50. The Bertz CT molecular complexity index is 1040. The molecule has 1 fully saturated rings. The highest BCUT2D eigenvalue weighted by Crippen LogP contribution is 2.28. The van der Waals surface area contributed by atoms with Gasteiger partial charge >= 0.3 is 0 Å². The quantitative estimate of drug-likeness (QED) is 0.627. The Hall–Kier alpha value is -2.38. The molecule has 9 heteroatoms. The summed E-state index contributed by atoms with van der Waals surface area (Å²) in [5, 5.41) is 5.66. The molecular weight excluding hydrogens is 411 g/mol. The summed E-state index contributed by atoms with van der Waals surface area (Å²) in [7, 11) is 0. The van der Waals surface area contributed by atoms with Gasteiger partial charge in [-0.15, -0.1) is 5.10 Å². The second-order valence-corrected chi connectivity index (χ2v) is 8.02. The average Bonchev–Trinajstić information content (AvgIpc) is 3.19. The maximum absolute atomic E-state index is 12.4. The first-order chi connectivity index (χ1) is 14.0. The zero-order chi connectivity index (χ0) is 20.5. The van der Waals surface area contributed by atoms with E-state index in [2.05, 4.69) is 20.0 Å². The second-order valence-electron chi connectivity index (χ2n) is 7.20. The molecule has 1 amide bonds. The molecule has 1 aromatic carbocycles. The molecule has 1 aliphatic heterocycles. The summed E-state index contributed by atoms with van der Waals surface area (Å²) in [4.78, 5) is 25.4. The van der Waals surface area contributed by atoms with E-state index in [0.29, 0.717) is 48.0 Å². The number of carbonyl (C=O) groups excluding carboxylic acids is 1. The van der Waals surface area contributed by atoms with Crippen LogP contribution in [0.25, 0.3) is 17.0 Å². The number of hydrogen-bond donors (Lipinski definition) is 0. The van der Waals surface area contributed by atoms with Gasteiger partial charge in [-0.3, -0.25) is 4.79 Å². The Morgan fingerprint density at radius 1 is 1.14 bits per heavy atom. The smallest absolute Gasteiger partial charge is 0.254 e. The molecule has 1 atom stereocenters. The molecule has 0 bridgehead atoms. The first kappa shape index (κ1) is 19.9. The number of fused-ring (bicyclic) bond motifs is 1. The monoisotopic (exact) mass is 432 g/mol. The normalized spacial score (nSPS) is 15.7. The van der Waals surface area contributed by atoms with E-state index >= 15 is 0 Å². The number of piperazine rings is 1. The van der Waals surface area contributed by atoms with E-state index in [1.807, 2.05) is 30.9 Å². The van der Waals surface area contributed by atoms with E-state index in [1.165, 1.54) is 0 Å². The predicted octanol–water partition coefficient (Wildman–Crippen LogP) is 3.79. The number of halogens is 2. The summed E-state index contributed by atoms with van der Waals surface area (Å²) >= 11 is 12.2. The Kier molecular flexibility index (Phi) is 5.61. The highest BCUT2D eigenvalue weighted by molar-refractivity contribution is 6.42. The van der Waals surface area contributed by atoms with Gasteiger partial charge in [-0.2, -0.15) is 9.50 Å². The average molecular weight is 433 g/mol. The van der Waals surface area contributed by atoms with Crippen molar-refractivity contribution in [1.82, 2.24) is 24.5 Å². The van der Waals surface area contributed by atoms with Crippen LogP contribution in [0.3, 0.4) is 0 Å². The first-order valence-electron chi connectivity index (χ1n) is 9.69. The number of anilines is 1. The van der Waals surface area contributed by atoms with Crippen LogP contribution in [0.4, 0.5) is 5.95 Å². The molecule has 1 aliphatic rings. The third-order valence-electron chi connectivity index (χ3n) is 5.35. The van der Waals surface area contributed by atoms with Crippen molar-refractivity contribution in [2.24, 2.45) is 5.92 Å². The van der Waals surface area contributed by atoms with Crippen molar-refractivity contribution < 1.29 is 4.79 Å². The molecule has 4 rings (SSSR count). The molecule has 1 saturated heterocycles. The van der Waals surface area contributed by atoms with Gasteiger partial charge in [0, 0.05) is 43.9 Å². The van der Waals surface area contributed by atoms with Crippen LogP contribution in [0.5, 0.6) is 0 Å². The van der Waals surface area contributed by atoms with Crippen LogP contribution >= 0.6 is 23.2 Å². The summed E-state index contributed by atoms with van der Waals surface area (Å²) in [6.07, 6.45) is 2.56. The molecule has 3 aromatic rings. The third-order valence-corrected chi connectivity index (χ3v) is 6.09. The SMILES string of the molecule is CC[C@H](C)C(=O)N1CCN(c2nc3nccc(-c4ccc(Cl)c(Cl)c4)n3n2)CC1. The number of carbonyl (C=O) groups is 1. The third kappa shape index (κ3) is 3.89. The minimum absolute atomic E-state index is 0.0628. The van der Waals surface area contributed by atoms with Crippen LogP contribution in [-0.2, 0) is 4.79 Å². The first-order valence-corrected chi connectivity index (χ1v) is 10.4. The Balaban J connectivity index is 1.57. The molecule has 2 aromatic heterocycles. The van der Waals surface area contributed by atoms with Gasteiger partial charge in [-0.1, -0.05) is 43.1 Å². The molecule has 0 aliphatic carbocycles. The number of rotatable bonds is 4. The minimum atomic E-state index is 0.0628. The van der Waals surface area contributed by atoms with E-state index in [9.17, 15) is 4.79 Å². The topological polar surface area (TPSA) is 66.6 Å². The maximum atomic E-state index is 12.4. The Morgan fingerprint density at radius 2 is 1.90 bits per heavy atom. The molecular formula is C20H22Cl2N6O. The zero-order valence-electron chi connectivity index (χ0n) is 16.3. The van der Waals surface area contributed by atoms with Gasteiger partial charge < -0.3 is 9.80 Å². The van der Waals surface area contributed by atoms with Crippen molar-refractivity contribution in [3.05, 3.63) is 40.5 Å². The lowest BCUT2D eigenvalue weighted by Gasteiger charge is -2.35. The van der Waals surface area contributed by atoms with E-state index in [0.717, 1.165) is 17.7 Å². The van der Waals surface area contributed by atoms with E-state index in [-0.39, 0.29) is 11.8 Å². The van der Waals surface area contributed by atoms with Crippen molar-refractivity contribution in [3.63, 3.8) is 0 Å². The van der Waals surface area contributed by atoms with Gasteiger partial charge in [0.1, 0.15) is 0 Å². The Morgan fingerprint density at radius 3 is 2.59 bits per heavy atom. The molecule has 3 heterocycles. The lowest BCUT2D eigenvalue weighted by atomic mass is 10.1. The molecule has 0 saturated carbocycles. The van der Waals surface area contributed by atoms with Crippen molar-refractivity contribution in [2.45, 2.75) is 20.3 Å². The Labute approximate surface area is 179 Å². The molecule has 7 nitrogen and oxygen atoms in total. The van der Waals surface area contributed by atoms with Crippen LogP contribution in [-0.4, -0.2) is 56.6 Å². The van der Waals surface area contributed by atoms with Crippen molar-refractivity contribution in [1.29, 1.82) is 0 Å². The minimum Gasteiger partial charge on any atom is -0.339 e. The number of hydrogen-bond acceptors (Lipinski definition) is 5. The van der Waals surface area contributed by atoms with Gasteiger partial charge in [0.15, 0.2) is 0 Å². The molecule has 0 radical (unpaired) electrons. The summed E-state index contributed by atoms with van der Waals surface area (Å²) in [6.45, 7) is 6.76. The maximum Gasteiger partial charge on any atom is 0.254 e. The van der Waals surface area contributed by atoms with E-state index < -0.39 is 0 Å². The van der Waals surface area contributed by atoms with E-state index in [1.54, 1.807) is 22.8 Å². The number of nitrogens with zero attached hydrogens (tertiary/aromatic N) is 6. The van der Waals surface area contributed by atoms with Crippen molar-refractivity contribution >= 4 is 40.8 Å². The van der Waals surface area contributed by atoms with Crippen LogP contribution in [0.1, 0.15) is 20.3 Å². The largest absolute Gasteiger partial charge is 0.339 e. The molecule has 0 unspecified atom stereocenters. The standard InChI is InChI=1S/C20H22Cl2N6O/c1-3-13(2)18(29)26-8-10-27(11-9-26)20-24-19-23-7-6-17(28(19)25-20)14-4-5-15(21)16(22)12-14/h4-7,12-13H,3,8-11H2,1-2H3/t13-/m0/s1. The number of benzene rings is 1. The highest BCUT2D eigenvalue weighted by Gasteiger charge is 2.26. The van der Waals surface area contributed by atoms with Gasteiger partial charge in [0.25, 0.3) is 5.78 Å². The second kappa shape index (κ2) is 8.16. The van der Waals surface area contributed by atoms with Crippen LogP contribution in [0.2, 0.25) is 10.0 Å². The number of aromatic nitrogens is 4. The lowest BCUT2D eigenvalue weighted by molar-refractivity contribution is -0.135. The van der Waals surface area contributed by atoms with Crippen molar-refractivity contribution in [3.8, 4) is 11.3 Å². The zero-order valence-corrected chi connectivity index (χ0v) is 17.9. The van der Waals surface area contributed by atoms with Crippen LogP contribution in [0.15, 0.2) is 30.5 Å². The van der Waals surface area contributed by atoms with Gasteiger partial charge in [0.2, 0.25) is 11.9 Å². The fourth-order valence-electron chi connectivity index (χ4n) is 3.40. The van der Waals surface area contributed by atoms with Gasteiger partial charge in [-0.25, -0.2) is 4.98 Å².